The minimum absolute atomic E-state index is 0.255. The van der Waals surface area contributed by atoms with Gasteiger partial charge in [0, 0.05) is 57.1 Å². The Labute approximate surface area is 202 Å². The summed E-state index contributed by atoms with van der Waals surface area (Å²) in [5.41, 5.74) is 1.81. The third kappa shape index (κ3) is 4.78. The first-order valence-electron chi connectivity index (χ1n) is 11.8. The third-order valence-corrected chi connectivity index (χ3v) is 6.81. The van der Waals surface area contributed by atoms with Crippen LogP contribution in [0.4, 0.5) is 19.3 Å². The van der Waals surface area contributed by atoms with Gasteiger partial charge in [0.2, 0.25) is 0 Å². The van der Waals surface area contributed by atoms with Crippen LogP contribution in [-0.2, 0) is 4.74 Å². The molecule has 9 heteroatoms. The molecule has 1 amide bonds. The Balaban J connectivity index is 1.47. The fourth-order valence-corrected chi connectivity index (χ4v) is 4.95. The molecule has 0 saturated carbocycles. The van der Waals surface area contributed by atoms with Gasteiger partial charge in [-0.25, -0.2) is 18.1 Å². The largest absolute Gasteiger partial charge is 0.379 e. The Hall–Kier alpha value is -3.30. The van der Waals surface area contributed by atoms with E-state index in [2.05, 4.69) is 4.90 Å². The number of morpholine rings is 1. The summed E-state index contributed by atoms with van der Waals surface area (Å²) in [6, 6.07) is 12.0. The first-order valence-corrected chi connectivity index (χ1v) is 11.8. The van der Waals surface area contributed by atoms with Crippen LogP contribution in [0.25, 0.3) is 10.9 Å². The topological polar surface area (TPSA) is 58.0 Å². The Morgan fingerprint density at radius 1 is 0.971 bits per heavy atom. The molecular weight excluding hydrogens is 454 g/mol. The minimum Gasteiger partial charge on any atom is -0.379 e. The average Bonchev–Trinajstić information content (AvgIpc) is 2.86. The number of hydrogen-bond donors (Lipinski definition) is 0. The van der Waals surface area contributed by atoms with Crippen molar-refractivity contribution in [2.45, 2.75) is 13.0 Å². The van der Waals surface area contributed by atoms with Crippen molar-refractivity contribution < 1.29 is 18.3 Å². The van der Waals surface area contributed by atoms with Gasteiger partial charge in [0.15, 0.2) is 11.6 Å². The highest BCUT2D eigenvalue weighted by atomic mass is 19.2. The smallest absolute Gasteiger partial charge is 0.332 e. The van der Waals surface area contributed by atoms with Gasteiger partial charge in [0.05, 0.1) is 24.8 Å². The van der Waals surface area contributed by atoms with Crippen LogP contribution >= 0.6 is 0 Å². The van der Waals surface area contributed by atoms with Gasteiger partial charge in [-0.15, -0.1) is 0 Å². The lowest BCUT2D eigenvalue weighted by Gasteiger charge is -2.44. The minimum atomic E-state index is -0.900. The van der Waals surface area contributed by atoms with E-state index in [9.17, 15) is 18.4 Å². The fraction of sp³-hybridized carbons (Fsp3) is 0.385. The summed E-state index contributed by atoms with van der Waals surface area (Å²) < 4.78 is 34.1. The highest BCUT2D eigenvalue weighted by Gasteiger charge is 2.34. The zero-order valence-corrected chi connectivity index (χ0v) is 19.6. The van der Waals surface area contributed by atoms with Gasteiger partial charge < -0.3 is 14.5 Å². The van der Waals surface area contributed by atoms with E-state index in [4.69, 9.17) is 4.74 Å². The molecule has 7 nitrogen and oxygen atoms in total. The van der Waals surface area contributed by atoms with Crippen LogP contribution in [0, 0.1) is 18.6 Å². The molecule has 2 saturated heterocycles. The molecule has 5 rings (SSSR count). The Morgan fingerprint density at radius 2 is 1.77 bits per heavy atom. The van der Waals surface area contributed by atoms with Gasteiger partial charge >= 0.3 is 6.03 Å². The molecule has 2 aromatic carbocycles. The van der Waals surface area contributed by atoms with Gasteiger partial charge in [-0.3, -0.25) is 9.69 Å². The van der Waals surface area contributed by atoms with Crippen LogP contribution in [-0.4, -0.2) is 78.9 Å². The molecule has 3 heterocycles. The van der Waals surface area contributed by atoms with E-state index in [-0.39, 0.29) is 17.6 Å². The van der Waals surface area contributed by atoms with E-state index in [1.807, 2.05) is 24.0 Å². The molecule has 35 heavy (non-hydrogen) atoms. The monoisotopic (exact) mass is 482 g/mol. The maximum absolute atomic E-state index is 13.9. The molecule has 1 unspecified atom stereocenters. The maximum atomic E-state index is 13.9. The SMILES string of the molecule is Cc1ccc2c(ccc(=O)n2C(=O)N2CCN(c3ccc(F)c(F)c3)CC2CN2CCOCC2)c1. The van der Waals surface area contributed by atoms with Gasteiger partial charge in [-0.1, -0.05) is 11.6 Å². The van der Waals surface area contributed by atoms with Crippen LogP contribution in [0.5, 0.6) is 0 Å². The number of ether oxygens (including phenoxy) is 1. The van der Waals surface area contributed by atoms with E-state index in [0.29, 0.717) is 50.6 Å². The molecule has 0 spiro atoms. The first-order chi connectivity index (χ1) is 16.9. The van der Waals surface area contributed by atoms with Gasteiger partial charge in [-0.2, -0.15) is 0 Å². The summed E-state index contributed by atoms with van der Waals surface area (Å²) in [5.74, 6) is -1.79. The molecule has 0 aliphatic carbocycles. The number of piperazine rings is 1. The zero-order chi connectivity index (χ0) is 24.5. The third-order valence-electron chi connectivity index (χ3n) is 6.81. The summed E-state index contributed by atoms with van der Waals surface area (Å²) in [4.78, 5) is 32.6. The van der Waals surface area contributed by atoms with Crippen molar-refractivity contribution in [3.63, 3.8) is 0 Å². The normalized spacial score (nSPS) is 19.3. The second kappa shape index (κ2) is 9.75. The predicted octanol–water partition coefficient (Wildman–Crippen LogP) is 3.08. The molecule has 0 N–H and O–H groups in total. The molecule has 2 fully saturated rings. The van der Waals surface area contributed by atoms with Crippen molar-refractivity contribution in [2.24, 2.45) is 0 Å². The molecule has 2 aliphatic rings. The number of pyridine rings is 1. The number of amides is 1. The maximum Gasteiger partial charge on any atom is 0.332 e. The van der Waals surface area contributed by atoms with Crippen LogP contribution in [0.2, 0.25) is 0 Å². The first kappa shape index (κ1) is 23.4. The second-order valence-electron chi connectivity index (χ2n) is 9.16. The number of halogens is 2. The van der Waals surface area contributed by atoms with Gasteiger partial charge in [-0.05, 0) is 42.6 Å². The van der Waals surface area contributed by atoms with Crippen molar-refractivity contribution in [3.8, 4) is 0 Å². The highest BCUT2D eigenvalue weighted by Crippen LogP contribution is 2.24. The lowest BCUT2D eigenvalue weighted by molar-refractivity contribution is 0.0252. The number of carbonyl (C=O) groups is 1. The quantitative estimate of drug-likeness (QED) is 0.575. The second-order valence-corrected chi connectivity index (χ2v) is 9.16. The van der Waals surface area contributed by atoms with E-state index in [1.165, 1.54) is 16.7 Å². The molecule has 0 radical (unpaired) electrons. The molecule has 1 aromatic heterocycles. The van der Waals surface area contributed by atoms with Crippen LogP contribution in [0.1, 0.15) is 5.56 Å². The van der Waals surface area contributed by atoms with Crippen molar-refractivity contribution in [1.82, 2.24) is 14.4 Å². The number of hydrogen-bond acceptors (Lipinski definition) is 5. The van der Waals surface area contributed by atoms with Crippen LogP contribution in [0.3, 0.4) is 0 Å². The van der Waals surface area contributed by atoms with E-state index in [0.717, 1.165) is 30.1 Å². The number of anilines is 1. The lowest BCUT2D eigenvalue weighted by Crippen LogP contribution is -2.61. The summed E-state index contributed by atoms with van der Waals surface area (Å²) in [7, 11) is 0. The molecule has 3 aromatic rings. The Bertz CT molecular complexity index is 1310. The Morgan fingerprint density at radius 3 is 2.54 bits per heavy atom. The van der Waals surface area contributed by atoms with Crippen LogP contribution in [0.15, 0.2) is 53.3 Å². The number of aromatic nitrogens is 1. The van der Waals surface area contributed by atoms with Gasteiger partial charge in [0.1, 0.15) is 0 Å². The standard InChI is InChI=1S/C26H28F2N4O3/c1-18-2-6-24-19(14-18)3-7-25(33)32(24)26(34)31-9-8-30(20-4-5-22(27)23(28)15-20)17-21(31)16-29-10-12-35-13-11-29/h2-7,14-15,21H,8-13,16-17H2,1H3. The highest BCUT2D eigenvalue weighted by molar-refractivity contribution is 5.90. The summed E-state index contributed by atoms with van der Waals surface area (Å²) in [5, 5.41) is 0.822. The predicted molar refractivity (Wildman–Crippen MR) is 130 cm³/mol. The van der Waals surface area contributed by atoms with Crippen LogP contribution < -0.4 is 10.5 Å². The van der Waals surface area contributed by atoms with E-state index < -0.39 is 11.6 Å². The number of carbonyl (C=O) groups excluding carboxylic acids is 1. The summed E-state index contributed by atoms with van der Waals surface area (Å²) in [6.07, 6.45) is 0. The molecule has 2 aliphatic heterocycles. The molecule has 0 bridgehead atoms. The van der Waals surface area contributed by atoms with Crippen molar-refractivity contribution in [3.05, 3.63) is 76.1 Å². The number of fused-ring (bicyclic) bond motifs is 1. The number of benzene rings is 2. The van der Waals surface area contributed by atoms with E-state index >= 15 is 0 Å². The average molecular weight is 483 g/mol. The number of rotatable bonds is 3. The summed E-state index contributed by atoms with van der Waals surface area (Å²) in [6.45, 7) is 6.52. The van der Waals surface area contributed by atoms with E-state index in [1.54, 1.807) is 23.1 Å². The van der Waals surface area contributed by atoms with Gasteiger partial charge in [0.25, 0.3) is 5.56 Å². The van der Waals surface area contributed by atoms with Crippen molar-refractivity contribution in [2.75, 3.05) is 57.4 Å². The summed E-state index contributed by atoms with van der Waals surface area (Å²) >= 11 is 0. The lowest BCUT2D eigenvalue weighted by atomic mass is 10.1. The Kier molecular flexibility index (Phi) is 6.53. The number of aryl methyl sites for hydroxylation is 1. The fourth-order valence-electron chi connectivity index (χ4n) is 4.95. The molecule has 184 valence electrons. The molecule has 1 atom stereocenters. The number of nitrogens with zero attached hydrogens (tertiary/aromatic N) is 4. The van der Waals surface area contributed by atoms with Crippen molar-refractivity contribution >= 4 is 22.6 Å². The molecular formula is C26H28F2N4O3. The zero-order valence-electron chi connectivity index (χ0n) is 19.6. The van der Waals surface area contributed by atoms with Crippen molar-refractivity contribution in [1.29, 1.82) is 0 Å².